The van der Waals surface area contributed by atoms with Crippen LogP contribution in [0.1, 0.15) is 21.5 Å². The Balaban J connectivity index is 2.32. The van der Waals surface area contributed by atoms with Crippen LogP contribution in [0.25, 0.3) is 0 Å². The van der Waals surface area contributed by atoms with Crippen molar-refractivity contribution in [3.63, 3.8) is 0 Å². The van der Waals surface area contributed by atoms with Gasteiger partial charge in [-0.25, -0.2) is 4.39 Å². The first-order valence-corrected chi connectivity index (χ1v) is 5.96. The standard InChI is InChI=1S/C15H14FNO3/c1-20-13-7-6-12(18)11(14(13)16)8-9-2-4-10(5-3-9)15(17)19/h2-7,18H,8H2,1H3,(H2,17,19). The van der Waals surface area contributed by atoms with Gasteiger partial charge in [0.05, 0.1) is 7.11 Å². The molecular weight excluding hydrogens is 261 g/mol. The molecule has 0 aliphatic carbocycles. The molecule has 0 saturated heterocycles. The van der Waals surface area contributed by atoms with Gasteiger partial charge in [0.1, 0.15) is 5.75 Å². The maximum absolute atomic E-state index is 14.1. The number of ether oxygens (including phenoxy) is 1. The largest absolute Gasteiger partial charge is 0.508 e. The topological polar surface area (TPSA) is 72.6 Å². The number of hydrogen-bond donors (Lipinski definition) is 2. The summed E-state index contributed by atoms with van der Waals surface area (Å²) in [5, 5.41) is 9.75. The number of halogens is 1. The van der Waals surface area contributed by atoms with Crippen molar-refractivity contribution in [2.24, 2.45) is 5.73 Å². The smallest absolute Gasteiger partial charge is 0.248 e. The Bertz CT molecular complexity index is 638. The Morgan fingerprint density at radius 3 is 2.45 bits per heavy atom. The van der Waals surface area contributed by atoms with Crippen molar-refractivity contribution in [3.8, 4) is 11.5 Å². The fourth-order valence-corrected chi connectivity index (χ4v) is 1.91. The van der Waals surface area contributed by atoms with Gasteiger partial charge in [0.15, 0.2) is 11.6 Å². The van der Waals surface area contributed by atoms with Gasteiger partial charge in [0, 0.05) is 17.5 Å². The minimum atomic E-state index is -0.591. The van der Waals surface area contributed by atoms with E-state index in [1.54, 1.807) is 24.3 Å². The monoisotopic (exact) mass is 275 g/mol. The van der Waals surface area contributed by atoms with E-state index in [0.717, 1.165) is 5.56 Å². The van der Waals surface area contributed by atoms with Crippen LogP contribution in [-0.2, 0) is 6.42 Å². The van der Waals surface area contributed by atoms with Crippen LogP contribution in [0.4, 0.5) is 4.39 Å². The van der Waals surface area contributed by atoms with Crippen LogP contribution in [-0.4, -0.2) is 18.1 Å². The molecule has 0 aromatic heterocycles. The van der Waals surface area contributed by atoms with E-state index < -0.39 is 11.7 Å². The predicted octanol–water partition coefficient (Wildman–Crippen LogP) is 2.23. The summed E-state index contributed by atoms with van der Waals surface area (Å²) in [5.74, 6) is -1.17. The molecule has 4 nitrogen and oxygen atoms in total. The quantitative estimate of drug-likeness (QED) is 0.898. The van der Waals surface area contributed by atoms with E-state index >= 15 is 0 Å². The molecule has 0 spiro atoms. The van der Waals surface area contributed by atoms with Gasteiger partial charge < -0.3 is 15.6 Å². The molecule has 20 heavy (non-hydrogen) atoms. The van der Waals surface area contributed by atoms with Gasteiger partial charge in [-0.15, -0.1) is 0 Å². The summed E-state index contributed by atoms with van der Waals surface area (Å²) >= 11 is 0. The van der Waals surface area contributed by atoms with Crippen molar-refractivity contribution in [1.29, 1.82) is 0 Å². The van der Waals surface area contributed by atoms with E-state index in [4.69, 9.17) is 10.5 Å². The number of hydrogen-bond acceptors (Lipinski definition) is 3. The molecule has 0 radical (unpaired) electrons. The van der Waals surface area contributed by atoms with E-state index in [0.29, 0.717) is 5.56 Å². The van der Waals surface area contributed by atoms with Crippen LogP contribution < -0.4 is 10.5 Å². The maximum atomic E-state index is 14.1. The summed E-state index contributed by atoms with van der Waals surface area (Å²) in [6.45, 7) is 0. The highest BCUT2D eigenvalue weighted by atomic mass is 19.1. The van der Waals surface area contributed by atoms with Gasteiger partial charge in [-0.3, -0.25) is 4.79 Å². The number of nitrogens with two attached hydrogens (primary N) is 1. The van der Waals surface area contributed by atoms with Gasteiger partial charge in [-0.2, -0.15) is 0 Å². The highest BCUT2D eigenvalue weighted by Crippen LogP contribution is 2.30. The fraction of sp³-hybridized carbons (Fsp3) is 0.133. The summed E-state index contributed by atoms with van der Waals surface area (Å²) in [4.78, 5) is 11.0. The Morgan fingerprint density at radius 2 is 1.90 bits per heavy atom. The first-order valence-electron chi connectivity index (χ1n) is 5.96. The number of amides is 1. The molecule has 0 saturated carbocycles. The molecule has 0 atom stereocenters. The predicted molar refractivity (Wildman–Crippen MR) is 72.4 cm³/mol. The zero-order chi connectivity index (χ0) is 14.7. The van der Waals surface area contributed by atoms with Crippen LogP contribution in [0.15, 0.2) is 36.4 Å². The van der Waals surface area contributed by atoms with Crippen molar-refractivity contribution >= 4 is 5.91 Å². The van der Waals surface area contributed by atoms with Crippen LogP contribution in [0, 0.1) is 5.82 Å². The SMILES string of the molecule is COc1ccc(O)c(Cc2ccc(C(N)=O)cc2)c1F. The minimum absolute atomic E-state index is 0.0755. The van der Waals surface area contributed by atoms with Crippen molar-refractivity contribution < 1.29 is 19.0 Å². The molecule has 1 amide bonds. The molecule has 5 heteroatoms. The lowest BCUT2D eigenvalue weighted by molar-refractivity contribution is 0.100. The second-order valence-electron chi connectivity index (χ2n) is 4.32. The zero-order valence-corrected chi connectivity index (χ0v) is 10.9. The first-order chi connectivity index (χ1) is 9.52. The normalized spacial score (nSPS) is 10.3. The third kappa shape index (κ3) is 2.71. The average Bonchev–Trinajstić information content (AvgIpc) is 2.44. The van der Waals surface area contributed by atoms with Crippen LogP contribution in [0.3, 0.4) is 0 Å². The number of benzene rings is 2. The molecule has 0 fully saturated rings. The van der Waals surface area contributed by atoms with Gasteiger partial charge in [-0.1, -0.05) is 12.1 Å². The van der Waals surface area contributed by atoms with Crippen molar-refractivity contribution in [3.05, 3.63) is 58.9 Å². The molecule has 3 N–H and O–H groups in total. The van der Waals surface area contributed by atoms with E-state index in [9.17, 15) is 14.3 Å². The first kappa shape index (κ1) is 13.9. The van der Waals surface area contributed by atoms with E-state index in [1.807, 2.05) is 0 Å². The summed E-state index contributed by atoms with van der Waals surface area (Å²) < 4.78 is 18.9. The Morgan fingerprint density at radius 1 is 1.25 bits per heavy atom. The van der Waals surface area contributed by atoms with E-state index in [-0.39, 0.29) is 23.5 Å². The molecule has 0 unspecified atom stereocenters. The number of methoxy groups -OCH3 is 1. The molecule has 0 heterocycles. The van der Waals surface area contributed by atoms with Gasteiger partial charge in [-0.05, 0) is 29.8 Å². The molecular formula is C15H14FNO3. The van der Waals surface area contributed by atoms with E-state index in [2.05, 4.69) is 0 Å². The number of aromatic hydroxyl groups is 1. The van der Waals surface area contributed by atoms with Gasteiger partial charge in [0.25, 0.3) is 0 Å². The second kappa shape index (κ2) is 5.61. The number of phenolic OH excluding ortho intramolecular Hbond substituents is 1. The summed E-state index contributed by atoms with van der Waals surface area (Å²) in [6, 6.07) is 9.20. The second-order valence-corrected chi connectivity index (χ2v) is 4.32. The fourth-order valence-electron chi connectivity index (χ4n) is 1.91. The van der Waals surface area contributed by atoms with E-state index in [1.165, 1.54) is 19.2 Å². The Hall–Kier alpha value is -2.56. The molecule has 2 rings (SSSR count). The molecule has 0 bridgehead atoms. The van der Waals surface area contributed by atoms with Crippen LogP contribution in [0.5, 0.6) is 11.5 Å². The number of primary amides is 1. The summed E-state index contributed by atoms with van der Waals surface area (Å²) in [5.41, 5.74) is 6.42. The maximum Gasteiger partial charge on any atom is 0.248 e. The lowest BCUT2D eigenvalue weighted by atomic mass is 10.0. The van der Waals surface area contributed by atoms with Crippen molar-refractivity contribution in [2.75, 3.05) is 7.11 Å². The Kier molecular flexibility index (Phi) is 3.89. The number of carbonyl (C=O) groups is 1. The minimum Gasteiger partial charge on any atom is -0.508 e. The molecule has 104 valence electrons. The van der Waals surface area contributed by atoms with Gasteiger partial charge in [0.2, 0.25) is 5.91 Å². The third-order valence-corrected chi connectivity index (χ3v) is 3.02. The highest BCUT2D eigenvalue weighted by molar-refractivity contribution is 5.92. The number of rotatable bonds is 4. The lowest BCUT2D eigenvalue weighted by Gasteiger charge is -2.10. The van der Waals surface area contributed by atoms with Crippen LogP contribution >= 0.6 is 0 Å². The zero-order valence-electron chi connectivity index (χ0n) is 10.9. The van der Waals surface area contributed by atoms with Gasteiger partial charge >= 0.3 is 0 Å². The average molecular weight is 275 g/mol. The number of carbonyl (C=O) groups excluding carboxylic acids is 1. The summed E-state index contributed by atoms with van der Waals surface area (Å²) in [7, 11) is 1.36. The molecule has 2 aromatic carbocycles. The summed E-state index contributed by atoms with van der Waals surface area (Å²) in [6.07, 6.45) is 0.188. The lowest BCUT2D eigenvalue weighted by Crippen LogP contribution is -2.10. The van der Waals surface area contributed by atoms with Crippen LogP contribution in [0.2, 0.25) is 0 Å². The van der Waals surface area contributed by atoms with Crippen molar-refractivity contribution in [1.82, 2.24) is 0 Å². The Labute approximate surface area is 115 Å². The molecule has 0 aliphatic heterocycles. The van der Waals surface area contributed by atoms with Crippen molar-refractivity contribution in [2.45, 2.75) is 6.42 Å². The highest BCUT2D eigenvalue weighted by Gasteiger charge is 2.14. The number of phenols is 1. The molecule has 2 aromatic rings. The molecule has 0 aliphatic rings. The third-order valence-electron chi connectivity index (χ3n) is 3.02.